The fraction of sp³-hybridized carbons (Fsp3) is 0.207. The zero-order chi connectivity index (χ0) is 25.0. The van der Waals surface area contributed by atoms with Crippen LogP contribution in [0.25, 0.3) is 18.2 Å². The Labute approximate surface area is 206 Å². The molecule has 0 unspecified atom stereocenters. The largest absolute Gasteiger partial charge is 0.507 e. The van der Waals surface area contributed by atoms with Crippen molar-refractivity contribution < 1.29 is 29.1 Å². The molecule has 182 valence electrons. The molecule has 0 aliphatic rings. The molecule has 0 fully saturated rings. The molecule has 0 radical (unpaired) electrons. The minimum atomic E-state index is -0.312. The van der Waals surface area contributed by atoms with Gasteiger partial charge >= 0.3 is 0 Å². The minimum absolute atomic E-state index is 0.0628. The molecule has 0 aromatic heterocycles. The molecule has 6 heteroatoms. The summed E-state index contributed by atoms with van der Waals surface area (Å²) in [6.07, 6.45) is 8.95. The lowest BCUT2D eigenvalue weighted by Crippen LogP contribution is -1.98. The van der Waals surface area contributed by atoms with E-state index in [0.29, 0.717) is 29.4 Å². The normalized spacial score (nSPS) is 11.2. The second-order valence-corrected chi connectivity index (χ2v) is 7.71. The fourth-order valence-electron chi connectivity index (χ4n) is 3.29. The topological polar surface area (TPSA) is 74.2 Å². The SMILES string of the molecule is CCCCOOc1ccc(/C=C/c2cc(OC)cc(OC)c2/C=C/C(=O)c2ccccc2O)cc1. The van der Waals surface area contributed by atoms with Crippen LogP contribution >= 0.6 is 0 Å². The average Bonchev–Trinajstić information content (AvgIpc) is 2.89. The molecular weight excluding hydrogens is 444 g/mol. The van der Waals surface area contributed by atoms with Crippen LogP contribution in [0.3, 0.4) is 0 Å². The number of ketones is 1. The van der Waals surface area contributed by atoms with Crippen molar-refractivity contribution in [2.45, 2.75) is 19.8 Å². The van der Waals surface area contributed by atoms with Crippen LogP contribution < -0.4 is 14.4 Å². The summed E-state index contributed by atoms with van der Waals surface area (Å²) >= 11 is 0. The van der Waals surface area contributed by atoms with Crippen LogP contribution in [-0.2, 0) is 4.89 Å². The summed E-state index contributed by atoms with van der Waals surface area (Å²) in [5, 5.41) is 9.98. The zero-order valence-electron chi connectivity index (χ0n) is 20.2. The molecule has 0 heterocycles. The molecule has 0 amide bonds. The summed E-state index contributed by atoms with van der Waals surface area (Å²) in [5.41, 5.74) is 2.69. The number of rotatable bonds is 12. The van der Waals surface area contributed by atoms with E-state index in [2.05, 4.69) is 6.92 Å². The smallest absolute Gasteiger partial charge is 0.189 e. The van der Waals surface area contributed by atoms with Crippen LogP contribution in [0.5, 0.6) is 23.0 Å². The van der Waals surface area contributed by atoms with Gasteiger partial charge in [0.05, 0.1) is 26.4 Å². The highest BCUT2D eigenvalue weighted by molar-refractivity contribution is 6.08. The lowest BCUT2D eigenvalue weighted by Gasteiger charge is -2.12. The van der Waals surface area contributed by atoms with Crippen molar-refractivity contribution in [3.05, 3.63) is 89.0 Å². The van der Waals surface area contributed by atoms with Gasteiger partial charge in [-0.2, -0.15) is 4.89 Å². The van der Waals surface area contributed by atoms with Crippen molar-refractivity contribution in [2.75, 3.05) is 20.8 Å². The van der Waals surface area contributed by atoms with Crippen molar-refractivity contribution in [3.63, 3.8) is 0 Å². The number of hydrogen-bond donors (Lipinski definition) is 1. The van der Waals surface area contributed by atoms with E-state index < -0.39 is 0 Å². The maximum atomic E-state index is 12.6. The van der Waals surface area contributed by atoms with E-state index in [1.165, 1.54) is 12.1 Å². The molecule has 3 aromatic carbocycles. The number of allylic oxidation sites excluding steroid dienone is 1. The van der Waals surface area contributed by atoms with E-state index in [0.717, 1.165) is 24.0 Å². The number of aromatic hydroxyl groups is 1. The summed E-state index contributed by atoms with van der Waals surface area (Å²) in [5.74, 6) is 1.43. The van der Waals surface area contributed by atoms with Gasteiger partial charge in [0.25, 0.3) is 0 Å². The second-order valence-electron chi connectivity index (χ2n) is 7.71. The fourth-order valence-corrected chi connectivity index (χ4v) is 3.29. The number of benzene rings is 3. The molecule has 0 aliphatic heterocycles. The molecule has 0 bridgehead atoms. The molecule has 35 heavy (non-hydrogen) atoms. The summed E-state index contributed by atoms with van der Waals surface area (Å²) in [6, 6.07) is 17.6. The van der Waals surface area contributed by atoms with Gasteiger partial charge in [0, 0.05) is 11.6 Å². The van der Waals surface area contributed by atoms with Crippen LogP contribution in [0.15, 0.2) is 66.7 Å². The van der Waals surface area contributed by atoms with Crippen LogP contribution in [0, 0.1) is 0 Å². The Morgan fingerprint density at radius 1 is 0.914 bits per heavy atom. The number of hydrogen-bond acceptors (Lipinski definition) is 6. The Bertz CT molecular complexity index is 1180. The second kappa shape index (κ2) is 13.0. The molecule has 0 spiro atoms. The monoisotopic (exact) mass is 474 g/mol. The maximum Gasteiger partial charge on any atom is 0.189 e. The first-order chi connectivity index (χ1) is 17.0. The van der Waals surface area contributed by atoms with Gasteiger partial charge in [-0.25, -0.2) is 0 Å². The third-order valence-electron chi connectivity index (χ3n) is 5.25. The average molecular weight is 475 g/mol. The van der Waals surface area contributed by atoms with E-state index in [9.17, 15) is 9.90 Å². The number of ether oxygens (including phenoxy) is 2. The Balaban J connectivity index is 1.85. The summed E-state index contributed by atoms with van der Waals surface area (Å²) in [4.78, 5) is 23.1. The minimum Gasteiger partial charge on any atom is -0.507 e. The molecule has 0 aliphatic carbocycles. The predicted molar refractivity (Wildman–Crippen MR) is 138 cm³/mol. The Morgan fingerprint density at radius 2 is 1.69 bits per heavy atom. The summed E-state index contributed by atoms with van der Waals surface area (Å²) < 4.78 is 11.0. The van der Waals surface area contributed by atoms with Gasteiger partial charge in [0.2, 0.25) is 0 Å². The molecule has 0 saturated carbocycles. The third kappa shape index (κ3) is 7.22. The molecule has 1 N–H and O–H groups in total. The number of phenols is 1. The van der Waals surface area contributed by atoms with Crippen molar-refractivity contribution in [2.24, 2.45) is 0 Å². The van der Waals surface area contributed by atoms with Crippen LogP contribution in [0.2, 0.25) is 0 Å². The lowest BCUT2D eigenvalue weighted by atomic mass is 10.0. The Hall–Kier alpha value is -4.03. The highest BCUT2D eigenvalue weighted by atomic mass is 17.2. The Morgan fingerprint density at radius 3 is 2.37 bits per heavy atom. The molecule has 3 aromatic rings. The van der Waals surface area contributed by atoms with E-state index >= 15 is 0 Å². The number of carbonyl (C=O) groups is 1. The van der Waals surface area contributed by atoms with Crippen LogP contribution in [0.1, 0.15) is 46.8 Å². The van der Waals surface area contributed by atoms with Crippen molar-refractivity contribution in [3.8, 4) is 23.0 Å². The van der Waals surface area contributed by atoms with Crippen molar-refractivity contribution in [1.82, 2.24) is 0 Å². The summed E-state index contributed by atoms with van der Waals surface area (Å²) in [6.45, 7) is 2.65. The number of para-hydroxylation sites is 1. The van der Waals surface area contributed by atoms with E-state index in [-0.39, 0.29) is 17.1 Å². The number of phenolic OH excluding ortho intramolecular Hbond substituents is 1. The van der Waals surface area contributed by atoms with E-state index in [1.54, 1.807) is 44.6 Å². The van der Waals surface area contributed by atoms with Crippen molar-refractivity contribution in [1.29, 1.82) is 0 Å². The highest BCUT2D eigenvalue weighted by Crippen LogP contribution is 2.32. The van der Waals surface area contributed by atoms with Crippen molar-refractivity contribution >= 4 is 24.0 Å². The molecule has 0 saturated heterocycles. The number of unbranched alkanes of at least 4 members (excludes halogenated alkanes) is 1. The summed E-state index contributed by atoms with van der Waals surface area (Å²) in [7, 11) is 3.15. The van der Waals surface area contributed by atoms with E-state index in [1.807, 2.05) is 42.5 Å². The third-order valence-corrected chi connectivity index (χ3v) is 5.25. The van der Waals surface area contributed by atoms with Gasteiger partial charge in [-0.3, -0.25) is 4.79 Å². The number of carbonyl (C=O) groups excluding carboxylic acids is 1. The molecule has 3 rings (SSSR count). The first kappa shape index (κ1) is 25.6. The molecule has 0 atom stereocenters. The van der Waals surface area contributed by atoms with Crippen LogP contribution in [0.4, 0.5) is 0 Å². The molecular formula is C29H30O6. The van der Waals surface area contributed by atoms with Gasteiger partial charge in [-0.1, -0.05) is 49.8 Å². The predicted octanol–water partition coefficient (Wildman–Crippen LogP) is 6.59. The Kier molecular flexibility index (Phi) is 9.51. The van der Waals surface area contributed by atoms with Gasteiger partial charge in [0.15, 0.2) is 11.5 Å². The first-order valence-electron chi connectivity index (χ1n) is 11.4. The van der Waals surface area contributed by atoms with Gasteiger partial charge < -0.3 is 19.5 Å². The van der Waals surface area contributed by atoms with Gasteiger partial charge in [0.1, 0.15) is 17.2 Å². The molecule has 6 nitrogen and oxygen atoms in total. The van der Waals surface area contributed by atoms with E-state index in [4.69, 9.17) is 19.2 Å². The zero-order valence-corrected chi connectivity index (χ0v) is 20.2. The standard InChI is InChI=1S/C29H30O6/c1-4-5-18-34-35-23-14-11-21(12-15-23)10-13-22-19-24(32-2)20-29(33-3)25(22)16-17-28(31)26-8-6-7-9-27(26)30/h6-17,19-20,30H,4-5,18H2,1-3H3/b13-10+,17-16+. The maximum absolute atomic E-state index is 12.6. The highest BCUT2D eigenvalue weighted by Gasteiger charge is 2.11. The van der Waals surface area contributed by atoms with Gasteiger partial charge in [-0.05, 0) is 60.0 Å². The lowest BCUT2D eigenvalue weighted by molar-refractivity contribution is -0.207. The van der Waals surface area contributed by atoms with Crippen LogP contribution in [-0.4, -0.2) is 31.7 Å². The quantitative estimate of drug-likeness (QED) is 0.0797. The number of methoxy groups -OCH3 is 2. The van der Waals surface area contributed by atoms with Gasteiger partial charge in [-0.15, -0.1) is 0 Å². The first-order valence-corrected chi connectivity index (χ1v) is 11.4.